The lowest BCUT2D eigenvalue weighted by molar-refractivity contribution is 0.513. The first-order valence-electron chi connectivity index (χ1n) is 6.65. The summed E-state index contributed by atoms with van der Waals surface area (Å²) in [7, 11) is -0.878. The minimum absolute atomic E-state index is 0.291. The zero-order chi connectivity index (χ0) is 13.8. The van der Waals surface area contributed by atoms with Crippen LogP contribution in [0, 0.1) is 5.92 Å². The maximum atomic E-state index is 11.9. The van der Waals surface area contributed by atoms with Gasteiger partial charge in [-0.25, -0.2) is 0 Å². The molecule has 0 amide bonds. The number of para-hydroxylation sites is 1. The van der Waals surface area contributed by atoms with Crippen LogP contribution >= 0.6 is 0 Å². The van der Waals surface area contributed by atoms with Crippen LogP contribution in [0.4, 0.5) is 0 Å². The monoisotopic (exact) mass is 279 g/mol. The Bertz CT molecular complexity index is 529. The fourth-order valence-corrected chi connectivity index (χ4v) is 3.38. The molecule has 0 spiro atoms. The average molecular weight is 279 g/mol. The van der Waals surface area contributed by atoms with Crippen LogP contribution in [-0.2, 0) is 10.8 Å². The summed E-state index contributed by atoms with van der Waals surface area (Å²) in [5.41, 5.74) is 6.91. The van der Waals surface area contributed by atoms with Crippen molar-refractivity contribution in [2.45, 2.75) is 26.3 Å². The van der Waals surface area contributed by atoms with Crippen molar-refractivity contribution in [1.82, 2.24) is 0 Å². The Morgan fingerprint density at radius 2 is 2.05 bits per heavy atom. The molecule has 3 nitrogen and oxygen atoms in total. The molecule has 2 unspecified atom stereocenters. The molecular weight excluding hydrogens is 258 g/mol. The second kappa shape index (κ2) is 6.35. The topological polar surface area (TPSA) is 56.2 Å². The maximum absolute atomic E-state index is 11.9. The molecular formula is C15H21NO2S. The molecule has 19 heavy (non-hydrogen) atoms. The third-order valence-electron chi connectivity index (χ3n) is 3.10. The van der Waals surface area contributed by atoms with Gasteiger partial charge in [-0.05, 0) is 24.5 Å². The molecule has 0 bridgehead atoms. The van der Waals surface area contributed by atoms with Gasteiger partial charge in [0.25, 0.3) is 0 Å². The number of furan rings is 1. The van der Waals surface area contributed by atoms with E-state index in [9.17, 15) is 4.21 Å². The molecule has 104 valence electrons. The third-order valence-corrected chi connectivity index (χ3v) is 4.52. The molecule has 0 fully saturated rings. The number of hydrogen-bond acceptors (Lipinski definition) is 3. The molecule has 2 rings (SSSR count). The predicted octanol–water partition coefficient (Wildman–Crippen LogP) is 3.23. The Balaban J connectivity index is 1.99. The van der Waals surface area contributed by atoms with E-state index in [-0.39, 0.29) is 6.04 Å². The lowest BCUT2D eigenvalue weighted by Gasteiger charge is -2.09. The van der Waals surface area contributed by atoms with Crippen molar-refractivity contribution in [3.63, 3.8) is 0 Å². The summed E-state index contributed by atoms with van der Waals surface area (Å²) in [6, 6.07) is 9.46. The second-order valence-electron chi connectivity index (χ2n) is 5.29. The van der Waals surface area contributed by atoms with Crippen LogP contribution in [-0.4, -0.2) is 15.7 Å². The lowest BCUT2D eigenvalue weighted by atomic mass is 10.2. The average Bonchev–Trinajstić information content (AvgIpc) is 2.80. The van der Waals surface area contributed by atoms with Crippen LogP contribution in [0.1, 0.15) is 32.1 Å². The van der Waals surface area contributed by atoms with Crippen LogP contribution in [0.3, 0.4) is 0 Å². The molecule has 0 saturated carbocycles. The second-order valence-corrected chi connectivity index (χ2v) is 6.91. The zero-order valence-electron chi connectivity index (χ0n) is 11.5. The molecule has 0 aliphatic heterocycles. The first-order valence-corrected chi connectivity index (χ1v) is 8.14. The van der Waals surface area contributed by atoms with Gasteiger partial charge in [-0.1, -0.05) is 32.0 Å². The van der Waals surface area contributed by atoms with Gasteiger partial charge in [0.1, 0.15) is 11.3 Å². The van der Waals surface area contributed by atoms with Crippen molar-refractivity contribution in [3.8, 4) is 0 Å². The first kappa shape index (κ1) is 14.3. The molecule has 0 aliphatic rings. The Labute approximate surface area is 116 Å². The highest BCUT2D eigenvalue weighted by molar-refractivity contribution is 7.85. The number of rotatable bonds is 6. The normalized spacial score (nSPS) is 14.9. The predicted molar refractivity (Wildman–Crippen MR) is 80.5 cm³/mol. The Morgan fingerprint density at radius 1 is 1.32 bits per heavy atom. The highest BCUT2D eigenvalue weighted by Gasteiger charge is 2.15. The third kappa shape index (κ3) is 3.91. The molecule has 0 aliphatic carbocycles. The van der Waals surface area contributed by atoms with Gasteiger partial charge < -0.3 is 10.2 Å². The Hall–Kier alpha value is -1.13. The molecule has 1 heterocycles. The smallest absolute Gasteiger partial charge is 0.134 e. The molecule has 2 atom stereocenters. The van der Waals surface area contributed by atoms with Crippen molar-refractivity contribution < 1.29 is 8.63 Å². The van der Waals surface area contributed by atoms with E-state index in [4.69, 9.17) is 10.2 Å². The van der Waals surface area contributed by atoms with Gasteiger partial charge in [0.05, 0.1) is 6.04 Å². The van der Waals surface area contributed by atoms with Crippen LogP contribution < -0.4 is 5.73 Å². The van der Waals surface area contributed by atoms with Gasteiger partial charge in [-0.2, -0.15) is 0 Å². The van der Waals surface area contributed by atoms with Gasteiger partial charge in [0.15, 0.2) is 0 Å². The summed E-state index contributed by atoms with van der Waals surface area (Å²) in [5, 5.41) is 1.04. The fraction of sp³-hybridized carbons (Fsp3) is 0.467. The lowest BCUT2D eigenvalue weighted by Crippen LogP contribution is -2.19. The molecule has 0 radical (unpaired) electrons. The summed E-state index contributed by atoms with van der Waals surface area (Å²) in [6.45, 7) is 4.27. The van der Waals surface area contributed by atoms with Crippen molar-refractivity contribution in [1.29, 1.82) is 0 Å². The van der Waals surface area contributed by atoms with E-state index in [2.05, 4.69) is 13.8 Å². The van der Waals surface area contributed by atoms with Crippen molar-refractivity contribution in [2.24, 2.45) is 11.7 Å². The minimum Gasteiger partial charge on any atom is -0.459 e. The molecule has 2 aromatic rings. The van der Waals surface area contributed by atoms with Gasteiger partial charge in [0.2, 0.25) is 0 Å². The highest BCUT2D eigenvalue weighted by atomic mass is 32.2. The van der Waals surface area contributed by atoms with E-state index in [0.29, 0.717) is 17.4 Å². The van der Waals surface area contributed by atoms with Gasteiger partial charge in [-0.15, -0.1) is 0 Å². The molecule has 1 aromatic heterocycles. The first-order chi connectivity index (χ1) is 9.06. The van der Waals surface area contributed by atoms with E-state index in [1.54, 1.807) is 0 Å². The van der Waals surface area contributed by atoms with E-state index in [1.807, 2.05) is 30.3 Å². The Morgan fingerprint density at radius 3 is 2.74 bits per heavy atom. The van der Waals surface area contributed by atoms with Gasteiger partial charge >= 0.3 is 0 Å². The summed E-state index contributed by atoms with van der Waals surface area (Å²) >= 11 is 0. The summed E-state index contributed by atoms with van der Waals surface area (Å²) < 4.78 is 17.6. The van der Waals surface area contributed by atoms with Crippen molar-refractivity contribution >= 4 is 21.8 Å². The molecule has 4 heteroatoms. The fourth-order valence-electron chi connectivity index (χ4n) is 1.92. The zero-order valence-corrected chi connectivity index (χ0v) is 12.3. The number of nitrogens with two attached hydrogens (primary N) is 1. The SMILES string of the molecule is CC(C)CCS(=O)CC(N)c1cc2ccccc2o1. The molecule has 0 saturated heterocycles. The van der Waals surface area contributed by atoms with Gasteiger partial charge in [0, 0.05) is 27.7 Å². The van der Waals surface area contributed by atoms with E-state index >= 15 is 0 Å². The minimum atomic E-state index is -0.878. The Kier molecular flexibility index (Phi) is 4.77. The number of fused-ring (bicyclic) bond motifs is 1. The van der Waals surface area contributed by atoms with E-state index in [0.717, 1.165) is 23.2 Å². The van der Waals surface area contributed by atoms with Gasteiger partial charge in [-0.3, -0.25) is 4.21 Å². The summed E-state index contributed by atoms with van der Waals surface area (Å²) in [6.07, 6.45) is 0.972. The number of benzene rings is 1. The molecule has 2 N–H and O–H groups in total. The highest BCUT2D eigenvalue weighted by Crippen LogP contribution is 2.23. The van der Waals surface area contributed by atoms with Crippen LogP contribution in [0.25, 0.3) is 11.0 Å². The quantitative estimate of drug-likeness (QED) is 0.883. The van der Waals surface area contributed by atoms with Crippen LogP contribution in [0.15, 0.2) is 34.7 Å². The number of hydrogen-bond donors (Lipinski definition) is 1. The van der Waals surface area contributed by atoms with Crippen molar-refractivity contribution in [2.75, 3.05) is 11.5 Å². The standard InChI is InChI=1S/C15H21NO2S/c1-11(2)7-8-19(17)10-13(16)15-9-12-5-3-4-6-14(12)18-15/h3-6,9,11,13H,7-8,10,16H2,1-2H3. The van der Waals surface area contributed by atoms with Crippen LogP contribution in [0.5, 0.6) is 0 Å². The summed E-state index contributed by atoms with van der Waals surface area (Å²) in [5.74, 6) is 2.48. The largest absolute Gasteiger partial charge is 0.459 e. The van der Waals surface area contributed by atoms with E-state index < -0.39 is 10.8 Å². The molecule has 1 aromatic carbocycles. The van der Waals surface area contributed by atoms with Crippen LogP contribution in [0.2, 0.25) is 0 Å². The van der Waals surface area contributed by atoms with E-state index in [1.165, 1.54) is 0 Å². The summed E-state index contributed by atoms with van der Waals surface area (Å²) in [4.78, 5) is 0. The van der Waals surface area contributed by atoms with Crippen molar-refractivity contribution in [3.05, 3.63) is 36.1 Å². The maximum Gasteiger partial charge on any atom is 0.134 e.